The summed E-state index contributed by atoms with van der Waals surface area (Å²) in [5, 5.41) is 5.63. The van der Waals surface area contributed by atoms with Crippen molar-refractivity contribution < 1.29 is 9.59 Å². The third-order valence-corrected chi connectivity index (χ3v) is 3.94. The molecule has 1 fully saturated rings. The first-order chi connectivity index (χ1) is 10.0. The van der Waals surface area contributed by atoms with Crippen LogP contribution in [0.25, 0.3) is 0 Å². The average Bonchev–Trinajstić information content (AvgIpc) is 2.83. The highest BCUT2D eigenvalue weighted by molar-refractivity contribution is 5.90. The van der Waals surface area contributed by atoms with Gasteiger partial charge >= 0.3 is 0 Å². The number of carbonyl (C=O) groups is 2. The summed E-state index contributed by atoms with van der Waals surface area (Å²) in [6.07, 6.45) is 3.69. The molecule has 0 unspecified atom stereocenters. The highest BCUT2D eigenvalue weighted by Gasteiger charge is 2.25. The van der Waals surface area contributed by atoms with E-state index in [0.29, 0.717) is 18.9 Å². The Hall–Kier alpha value is -1.88. The zero-order valence-electron chi connectivity index (χ0n) is 12.4. The number of nitrogens with one attached hydrogen (secondary N) is 2. The number of nitrogens with two attached hydrogens (primary N) is 1. The second-order valence-corrected chi connectivity index (χ2v) is 5.71. The summed E-state index contributed by atoms with van der Waals surface area (Å²) in [6.45, 7) is 1.99. The van der Waals surface area contributed by atoms with Crippen molar-refractivity contribution in [3.8, 4) is 0 Å². The largest absolute Gasteiger partial charge is 0.352 e. The minimum Gasteiger partial charge on any atom is -0.352 e. The molecule has 1 aromatic carbocycles. The van der Waals surface area contributed by atoms with Gasteiger partial charge in [0.25, 0.3) is 0 Å². The zero-order valence-corrected chi connectivity index (χ0v) is 12.4. The number of hydrogen-bond donors (Lipinski definition) is 3. The molecule has 5 heteroatoms. The van der Waals surface area contributed by atoms with Crippen molar-refractivity contribution >= 4 is 17.5 Å². The summed E-state index contributed by atoms with van der Waals surface area (Å²) in [6, 6.07) is 7.66. The van der Waals surface area contributed by atoms with Crippen molar-refractivity contribution in [2.24, 2.45) is 11.7 Å². The van der Waals surface area contributed by atoms with Crippen molar-refractivity contribution in [2.45, 2.75) is 45.2 Å². The minimum atomic E-state index is -0.0553. The summed E-state index contributed by atoms with van der Waals surface area (Å²) < 4.78 is 0. The molecule has 0 heterocycles. The molecule has 0 aromatic heterocycles. The van der Waals surface area contributed by atoms with Gasteiger partial charge in [-0.2, -0.15) is 0 Å². The second-order valence-electron chi connectivity index (χ2n) is 5.71. The van der Waals surface area contributed by atoms with E-state index in [1.54, 1.807) is 0 Å². The number of anilines is 1. The molecule has 0 spiro atoms. The van der Waals surface area contributed by atoms with E-state index < -0.39 is 0 Å². The van der Waals surface area contributed by atoms with Crippen LogP contribution in [0.1, 0.15) is 38.2 Å². The number of hydrogen-bond acceptors (Lipinski definition) is 3. The molecule has 0 saturated heterocycles. The van der Waals surface area contributed by atoms with Gasteiger partial charge in [0.15, 0.2) is 0 Å². The smallest absolute Gasteiger partial charge is 0.224 e. The second kappa shape index (κ2) is 7.22. The summed E-state index contributed by atoms with van der Waals surface area (Å²) in [7, 11) is 0. The maximum Gasteiger partial charge on any atom is 0.224 e. The molecule has 1 aliphatic carbocycles. The molecule has 114 valence electrons. The summed E-state index contributed by atoms with van der Waals surface area (Å²) >= 11 is 0. The van der Waals surface area contributed by atoms with Gasteiger partial charge in [-0.15, -0.1) is 0 Å². The van der Waals surface area contributed by atoms with Gasteiger partial charge in [-0.05, 0) is 36.5 Å². The Morgan fingerprint density at radius 1 is 1.24 bits per heavy atom. The molecule has 1 saturated carbocycles. The van der Waals surface area contributed by atoms with Crippen LogP contribution in [0, 0.1) is 5.92 Å². The molecule has 2 amide bonds. The first-order valence-electron chi connectivity index (χ1n) is 7.43. The lowest BCUT2D eigenvalue weighted by Crippen LogP contribution is -2.28. The quantitative estimate of drug-likeness (QED) is 0.772. The van der Waals surface area contributed by atoms with Gasteiger partial charge in [-0.3, -0.25) is 9.59 Å². The molecular formula is C16H23N3O2. The summed E-state index contributed by atoms with van der Waals surface area (Å²) in [5.41, 5.74) is 7.76. The molecular weight excluding hydrogens is 266 g/mol. The SMILES string of the molecule is CC(=O)NCc1ccc(NC(=O)C[C@@H]2CCC[C@H]2N)cc1. The number of amides is 2. The van der Waals surface area contributed by atoms with Crippen molar-refractivity contribution in [2.75, 3.05) is 5.32 Å². The Morgan fingerprint density at radius 3 is 2.52 bits per heavy atom. The molecule has 2 rings (SSSR count). The van der Waals surface area contributed by atoms with Crippen molar-refractivity contribution in [3.63, 3.8) is 0 Å². The van der Waals surface area contributed by atoms with Gasteiger partial charge in [0.1, 0.15) is 0 Å². The molecule has 0 bridgehead atoms. The van der Waals surface area contributed by atoms with E-state index in [1.165, 1.54) is 6.92 Å². The van der Waals surface area contributed by atoms with E-state index in [0.717, 1.165) is 30.5 Å². The summed E-state index contributed by atoms with van der Waals surface area (Å²) in [5.74, 6) is 0.274. The molecule has 5 nitrogen and oxygen atoms in total. The van der Waals surface area contributed by atoms with Gasteiger partial charge < -0.3 is 16.4 Å². The lowest BCUT2D eigenvalue weighted by Gasteiger charge is -2.14. The molecule has 21 heavy (non-hydrogen) atoms. The fourth-order valence-corrected chi connectivity index (χ4v) is 2.70. The Morgan fingerprint density at radius 2 is 1.95 bits per heavy atom. The molecule has 1 aliphatic rings. The molecule has 0 radical (unpaired) electrons. The standard InChI is InChI=1S/C16H23N3O2/c1-11(20)18-10-12-5-7-14(8-6-12)19-16(21)9-13-3-2-4-15(13)17/h5-8,13,15H,2-4,9-10,17H2,1H3,(H,18,20)(H,19,21)/t13-,15+/m0/s1. The topological polar surface area (TPSA) is 84.2 Å². The predicted molar refractivity (Wildman–Crippen MR) is 82.5 cm³/mol. The van der Waals surface area contributed by atoms with E-state index >= 15 is 0 Å². The maximum absolute atomic E-state index is 12.0. The van der Waals surface area contributed by atoms with Crippen LogP contribution in [0.4, 0.5) is 5.69 Å². The highest BCUT2D eigenvalue weighted by Crippen LogP contribution is 2.27. The third-order valence-electron chi connectivity index (χ3n) is 3.94. The Labute approximate surface area is 125 Å². The molecule has 2 atom stereocenters. The molecule has 4 N–H and O–H groups in total. The first-order valence-corrected chi connectivity index (χ1v) is 7.43. The van der Waals surface area contributed by atoms with E-state index in [-0.39, 0.29) is 17.9 Å². The lowest BCUT2D eigenvalue weighted by atomic mass is 10.00. The number of rotatable bonds is 5. The van der Waals surface area contributed by atoms with Crippen LogP contribution in [-0.2, 0) is 16.1 Å². The van der Waals surface area contributed by atoms with Crippen LogP contribution >= 0.6 is 0 Å². The molecule has 1 aromatic rings. The Bertz CT molecular complexity index is 499. The third kappa shape index (κ3) is 4.86. The zero-order chi connectivity index (χ0) is 15.2. The van der Waals surface area contributed by atoms with Crippen molar-refractivity contribution in [3.05, 3.63) is 29.8 Å². The van der Waals surface area contributed by atoms with E-state index in [2.05, 4.69) is 10.6 Å². The summed E-state index contributed by atoms with van der Waals surface area (Å²) in [4.78, 5) is 22.8. The van der Waals surface area contributed by atoms with E-state index in [4.69, 9.17) is 5.73 Å². The van der Waals surface area contributed by atoms with Crippen LogP contribution in [0.3, 0.4) is 0 Å². The maximum atomic E-state index is 12.0. The highest BCUT2D eigenvalue weighted by atomic mass is 16.2. The van der Waals surface area contributed by atoms with Crippen molar-refractivity contribution in [1.29, 1.82) is 0 Å². The minimum absolute atomic E-state index is 0.0203. The van der Waals surface area contributed by atoms with E-state index in [1.807, 2.05) is 24.3 Å². The van der Waals surface area contributed by atoms with Gasteiger partial charge in [0.2, 0.25) is 11.8 Å². The van der Waals surface area contributed by atoms with Crippen LogP contribution in [0.5, 0.6) is 0 Å². The van der Waals surface area contributed by atoms with E-state index in [9.17, 15) is 9.59 Å². The van der Waals surface area contributed by atoms with Gasteiger partial charge in [0, 0.05) is 31.6 Å². The van der Waals surface area contributed by atoms with Crippen LogP contribution in [-0.4, -0.2) is 17.9 Å². The van der Waals surface area contributed by atoms with Crippen LogP contribution < -0.4 is 16.4 Å². The van der Waals surface area contributed by atoms with Gasteiger partial charge in [-0.1, -0.05) is 18.6 Å². The lowest BCUT2D eigenvalue weighted by molar-refractivity contribution is -0.119. The van der Waals surface area contributed by atoms with Crippen molar-refractivity contribution in [1.82, 2.24) is 5.32 Å². The van der Waals surface area contributed by atoms with Gasteiger partial charge in [0.05, 0.1) is 0 Å². The first kappa shape index (κ1) is 15.5. The van der Waals surface area contributed by atoms with Crippen LogP contribution in [0.15, 0.2) is 24.3 Å². The number of benzene rings is 1. The van der Waals surface area contributed by atoms with Gasteiger partial charge in [-0.25, -0.2) is 0 Å². The Kier molecular flexibility index (Phi) is 5.33. The number of carbonyl (C=O) groups excluding carboxylic acids is 2. The normalized spacial score (nSPS) is 21.0. The van der Waals surface area contributed by atoms with Crippen LogP contribution in [0.2, 0.25) is 0 Å². The fourth-order valence-electron chi connectivity index (χ4n) is 2.70. The average molecular weight is 289 g/mol. The fraction of sp³-hybridized carbons (Fsp3) is 0.500. The molecule has 0 aliphatic heterocycles. The predicted octanol–water partition coefficient (Wildman–Crippen LogP) is 1.78. The Balaban J connectivity index is 1.82. The monoisotopic (exact) mass is 289 g/mol.